The van der Waals surface area contributed by atoms with E-state index in [2.05, 4.69) is 29.8 Å². The number of fused-ring (bicyclic) bond motifs is 1. The molecule has 6 amide bonds. The summed E-state index contributed by atoms with van der Waals surface area (Å²) in [4.78, 5) is 86.2. The minimum atomic E-state index is -1.09. The molecule has 5 atom stereocenters. The smallest absolute Gasteiger partial charge is 0.316 e. The van der Waals surface area contributed by atoms with Crippen molar-refractivity contribution in [3.05, 3.63) is 0 Å². The van der Waals surface area contributed by atoms with Crippen LogP contribution in [0.25, 0.3) is 0 Å². The summed E-state index contributed by atoms with van der Waals surface area (Å²) in [5.74, 6) is -2.70. The first kappa shape index (κ1) is 40.4. The number of hydrogen-bond donors (Lipinski definition) is 4. The summed E-state index contributed by atoms with van der Waals surface area (Å²) in [5, 5.41) is 8.91. The zero-order valence-electron chi connectivity index (χ0n) is 33.8. The Morgan fingerprint density at radius 2 is 1.50 bits per heavy atom. The Morgan fingerprint density at radius 3 is 2.02 bits per heavy atom. The highest BCUT2D eigenvalue weighted by Gasteiger charge is 2.85. The third-order valence-corrected chi connectivity index (χ3v) is 15.0. The van der Waals surface area contributed by atoms with E-state index >= 15 is 0 Å². The van der Waals surface area contributed by atoms with Gasteiger partial charge in [-0.05, 0) is 80.5 Å². The summed E-state index contributed by atoms with van der Waals surface area (Å²) >= 11 is 0. The predicted octanol–water partition coefficient (Wildman–Crippen LogP) is 3.81. The van der Waals surface area contributed by atoms with E-state index in [0.29, 0.717) is 39.1 Å². The van der Waals surface area contributed by atoms with Gasteiger partial charge in [0, 0.05) is 18.5 Å². The number of hydrogen-bond acceptors (Lipinski definition) is 7. The molecular weight excluding hydrogens is 688 g/mol. The number of morpholine rings is 1. The number of ether oxygens (including phenoxy) is 1. The first-order valence-electron chi connectivity index (χ1n) is 20.7. The fourth-order valence-electron chi connectivity index (χ4n) is 11.2. The van der Waals surface area contributed by atoms with E-state index in [1.807, 2.05) is 39.5 Å². The first-order chi connectivity index (χ1) is 25.3. The molecule has 0 aromatic rings. The van der Waals surface area contributed by atoms with E-state index in [1.165, 1.54) is 0 Å². The third-order valence-electron chi connectivity index (χ3n) is 15.0. The van der Waals surface area contributed by atoms with Gasteiger partial charge < -0.3 is 36.2 Å². The van der Waals surface area contributed by atoms with Crippen molar-refractivity contribution in [3.8, 4) is 0 Å². The molecule has 0 aromatic carbocycles. The van der Waals surface area contributed by atoms with Gasteiger partial charge in [0.1, 0.15) is 18.1 Å². The second kappa shape index (κ2) is 14.7. The molecule has 5 N–H and O–H groups in total. The molecule has 302 valence electrons. The van der Waals surface area contributed by atoms with E-state index in [9.17, 15) is 28.8 Å². The van der Waals surface area contributed by atoms with E-state index in [-0.39, 0.29) is 39.9 Å². The maximum Gasteiger partial charge on any atom is 0.316 e. The number of nitrogens with one attached hydrogen (secondary N) is 3. The van der Waals surface area contributed by atoms with Crippen molar-refractivity contribution in [2.75, 3.05) is 26.3 Å². The first-order valence-corrected chi connectivity index (χ1v) is 20.7. The molecule has 0 bridgehead atoms. The van der Waals surface area contributed by atoms with Crippen molar-refractivity contribution < 1.29 is 33.5 Å². The highest BCUT2D eigenvalue weighted by atomic mass is 16.5. The average Bonchev–Trinajstić information content (AvgIpc) is 3.27. The van der Waals surface area contributed by atoms with Crippen LogP contribution in [-0.4, -0.2) is 101 Å². The number of carbonyl (C=O) groups excluding carboxylic acids is 6. The summed E-state index contributed by atoms with van der Waals surface area (Å²) in [5.41, 5.74) is 3.77. The fourth-order valence-corrected chi connectivity index (χ4v) is 11.2. The highest BCUT2D eigenvalue weighted by molar-refractivity contribution is 6.37. The van der Waals surface area contributed by atoms with Crippen LogP contribution in [0.3, 0.4) is 0 Å². The van der Waals surface area contributed by atoms with Crippen molar-refractivity contribution in [1.29, 1.82) is 0 Å². The van der Waals surface area contributed by atoms with Gasteiger partial charge in [0.2, 0.25) is 23.5 Å². The Hall–Kier alpha value is -3.22. The molecule has 6 aliphatic rings. The molecule has 6 fully saturated rings. The lowest BCUT2D eigenvalue weighted by Gasteiger charge is -2.45. The fraction of sp³-hybridized carbons (Fsp3) is 0.854. The van der Waals surface area contributed by atoms with E-state index in [1.54, 1.807) is 4.90 Å². The summed E-state index contributed by atoms with van der Waals surface area (Å²) in [7, 11) is 0. The van der Waals surface area contributed by atoms with Gasteiger partial charge in [-0.15, -0.1) is 0 Å². The number of urea groups is 1. The maximum atomic E-state index is 15.0. The number of rotatable bonds is 11. The van der Waals surface area contributed by atoms with Crippen molar-refractivity contribution in [1.82, 2.24) is 25.8 Å². The van der Waals surface area contributed by atoms with Crippen LogP contribution in [0.1, 0.15) is 132 Å². The van der Waals surface area contributed by atoms with Crippen LogP contribution in [0.2, 0.25) is 0 Å². The number of nitrogens with two attached hydrogens (primary N) is 1. The molecule has 13 nitrogen and oxygen atoms in total. The molecule has 4 aliphatic carbocycles. The molecule has 0 aromatic heterocycles. The molecule has 13 heteroatoms. The summed E-state index contributed by atoms with van der Waals surface area (Å²) in [6.07, 6.45) is 11.5. The molecule has 2 spiro atoms. The lowest BCUT2D eigenvalue weighted by molar-refractivity contribution is -0.150. The van der Waals surface area contributed by atoms with E-state index < -0.39 is 58.7 Å². The van der Waals surface area contributed by atoms with Gasteiger partial charge in [0.15, 0.2) is 0 Å². The van der Waals surface area contributed by atoms with Crippen molar-refractivity contribution in [3.63, 3.8) is 0 Å². The second-order valence-corrected chi connectivity index (χ2v) is 19.8. The quantitative estimate of drug-likeness (QED) is 0.232. The van der Waals surface area contributed by atoms with Crippen LogP contribution < -0.4 is 21.7 Å². The number of carbonyl (C=O) groups is 6. The van der Waals surface area contributed by atoms with Gasteiger partial charge in [-0.3, -0.25) is 24.0 Å². The molecule has 0 radical (unpaired) electrons. The molecular formula is C41H66N6O7. The predicted molar refractivity (Wildman–Crippen MR) is 203 cm³/mol. The Bertz CT molecular complexity index is 1510. The molecule has 2 heterocycles. The number of likely N-dealkylation sites (tertiary alicyclic amines) is 1. The normalized spacial score (nSPS) is 29.0. The zero-order chi connectivity index (χ0) is 39.4. The summed E-state index contributed by atoms with van der Waals surface area (Å²) in [6, 6.07) is -4.32. The van der Waals surface area contributed by atoms with E-state index in [4.69, 9.17) is 10.5 Å². The van der Waals surface area contributed by atoms with Gasteiger partial charge in [0.25, 0.3) is 5.91 Å². The number of Topliss-reactive ketones (excluding diaryl/α,β-unsaturated/α-hetero) is 1. The van der Waals surface area contributed by atoms with Gasteiger partial charge in [-0.1, -0.05) is 79.6 Å². The molecule has 2 saturated heterocycles. The van der Waals surface area contributed by atoms with Gasteiger partial charge in [0.05, 0.1) is 24.8 Å². The molecule has 54 heavy (non-hydrogen) atoms. The van der Waals surface area contributed by atoms with Gasteiger partial charge >= 0.3 is 6.03 Å². The van der Waals surface area contributed by atoms with Crippen LogP contribution in [-0.2, 0) is 28.7 Å². The standard InChI is InChI=1S/C41H66N6O7/c1-37(2,3)31(45-36(53)44-29(26-15-9-8-10-16-26)34(51)47-19-20-54-24-38(47,4)5)35(52)46-23-41(39(6,7)40(41)17-12-18-40)22-28(46)33(50)43-27(30(48)32(42)49)21-25-13-11-14-25/h25-29,31H,8-24H2,1-7H3,(H2,42,49)(H,43,50)(H2,44,45,53)/t27?,28-,29-,31+,41+/m0/s1. The topological polar surface area (TPSA) is 180 Å². The average molecular weight is 755 g/mol. The maximum absolute atomic E-state index is 15.0. The van der Waals surface area contributed by atoms with E-state index in [0.717, 1.165) is 70.6 Å². The Morgan fingerprint density at radius 1 is 0.833 bits per heavy atom. The second-order valence-electron chi connectivity index (χ2n) is 19.8. The third kappa shape index (κ3) is 7.04. The molecule has 1 unspecified atom stereocenters. The van der Waals surface area contributed by atoms with Crippen molar-refractivity contribution >= 4 is 35.4 Å². The Balaban J connectivity index is 1.25. The SMILES string of the molecule is CC(C)(C)[C@H](NC(=O)N[C@H](C(=O)N1CCOCC1(C)C)C1CCCCC1)C(=O)N1C[C@]2(C[C@H]1C(=O)NC(CC1CCC1)C(=O)C(N)=O)C(C)(C)C21CCC1. The minimum absolute atomic E-state index is 0.0187. The monoisotopic (exact) mass is 754 g/mol. The van der Waals surface area contributed by atoms with Crippen LogP contribution in [0.5, 0.6) is 0 Å². The minimum Gasteiger partial charge on any atom is -0.377 e. The van der Waals surface area contributed by atoms with Gasteiger partial charge in [-0.25, -0.2) is 4.79 Å². The largest absolute Gasteiger partial charge is 0.377 e. The lowest BCUT2D eigenvalue weighted by atomic mass is 9.73. The zero-order valence-corrected chi connectivity index (χ0v) is 33.8. The number of primary amides is 1. The number of ketones is 1. The molecule has 6 rings (SSSR count). The Kier molecular flexibility index (Phi) is 11.0. The summed E-state index contributed by atoms with van der Waals surface area (Å²) < 4.78 is 5.68. The summed E-state index contributed by atoms with van der Waals surface area (Å²) in [6.45, 7) is 15.7. The van der Waals surface area contributed by atoms with Crippen molar-refractivity contribution in [2.24, 2.45) is 39.2 Å². The van der Waals surface area contributed by atoms with Gasteiger partial charge in [-0.2, -0.15) is 0 Å². The Labute approximate surface area is 321 Å². The molecule has 2 aliphatic heterocycles. The highest BCUT2D eigenvalue weighted by Crippen LogP contribution is 2.88. The van der Waals surface area contributed by atoms with Crippen molar-refractivity contribution in [2.45, 2.75) is 162 Å². The van der Waals surface area contributed by atoms with Crippen LogP contribution >= 0.6 is 0 Å². The van der Waals surface area contributed by atoms with Crippen LogP contribution in [0, 0.1) is 33.5 Å². The lowest BCUT2D eigenvalue weighted by Crippen LogP contribution is -2.64. The number of nitrogens with zero attached hydrogens (tertiary/aromatic N) is 2. The van der Waals surface area contributed by atoms with Crippen LogP contribution in [0.4, 0.5) is 4.79 Å². The molecule has 4 saturated carbocycles. The van der Waals surface area contributed by atoms with Crippen LogP contribution in [0.15, 0.2) is 0 Å². The number of amides is 6.